The second kappa shape index (κ2) is 9.66. The Bertz CT molecular complexity index is 715. The van der Waals surface area contributed by atoms with E-state index < -0.39 is 6.10 Å². The van der Waals surface area contributed by atoms with Crippen molar-refractivity contribution in [2.24, 2.45) is 0 Å². The lowest BCUT2D eigenvalue weighted by atomic mass is 10.1. The maximum atomic E-state index is 12.4. The number of hydrogen-bond acceptors (Lipinski definition) is 5. The normalized spacial score (nSPS) is 17.7. The smallest absolute Gasteiger partial charge is 0.264 e. The zero-order chi connectivity index (χ0) is 19.2. The van der Waals surface area contributed by atoms with Gasteiger partial charge < -0.3 is 14.7 Å². The van der Waals surface area contributed by atoms with Crippen LogP contribution in [0.25, 0.3) is 0 Å². The fourth-order valence-electron chi connectivity index (χ4n) is 3.13. The van der Waals surface area contributed by atoms with E-state index in [1.54, 1.807) is 0 Å². The van der Waals surface area contributed by atoms with Crippen LogP contribution in [0.3, 0.4) is 0 Å². The average Bonchev–Trinajstić information content (AvgIpc) is 3.21. The fourth-order valence-corrected chi connectivity index (χ4v) is 3.94. The summed E-state index contributed by atoms with van der Waals surface area (Å²) in [7, 11) is 0. The van der Waals surface area contributed by atoms with Gasteiger partial charge in [0.05, 0.1) is 23.7 Å². The molecule has 1 N–H and O–H groups in total. The van der Waals surface area contributed by atoms with Crippen LogP contribution in [0.1, 0.15) is 28.3 Å². The first-order valence-corrected chi connectivity index (χ1v) is 10.4. The van der Waals surface area contributed by atoms with Gasteiger partial charge in [0, 0.05) is 37.7 Å². The van der Waals surface area contributed by atoms with Crippen molar-refractivity contribution in [2.45, 2.75) is 19.1 Å². The molecule has 1 aromatic heterocycles. The lowest BCUT2D eigenvalue weighted by molar-refractivity contribution is -0.0202. The van der Waals surface area contributed by atoms with E-state index in [9.17, 15) is 9.90 Å². The van der Waals surface area contributed by atoms with Gasteiger partial charge in [-0.1, -0.05) is 29.8 Å². The molecule has 1 fully saturated rings. The number of aliphatic hydroxyl groups excluding tert-OH is 1. The van der Waals surface area contributed by atoms with Gasteiger partial charge in [0.15, 0.2) is 0 Å². The number of amides is 1. The molecule has 2 atom stereocenters. The van der Waals surface area contributed by atoms with Crippen LogP contribution in [0.2, 0.25) is 5.02 Å². The van der Waals surface area contributed by atoms with Gasteiger partial charge in [-0.3, -0.25) is 9.69 Å². The molecule has 3 rings (SSSR count). The summed E-state index contributed by atoms with van der Waals surface area (Å²) in [6.45, 7) is 5.69. The van der Waals surface area contributed by atoms with E-state index >= 15 is 0 Å². The van der Waals surface area contributed by atoms with Gasteiger partial charge in [-0.15, -0.1) is 11.3 Å². The third-order valence-electron chi connectivity index (χ3n) is 4.74. The number of rotatable bonds is 7. The number of hydrogen-bond donors (Lipinski definition) is 1. The summed E-state index contributed by atoms with van der Waals surface area (Å²) in [4.78, 5) is 17.2. The standard InChI is InChI=1S/C20H25ClN2O3S/c1-15(16-4-6-17(21)7-5-16)26-14-18(24)13-22-8-10-23(11-9-22)20(25)19-3-2-12-27-19/h2-7,12,15,18,24H,8-11,13-14H2,1H3. The van der Waals surface area contributed by atoms with Gasteiger partial charge in [-0.2, -0.15) is 0 Å². The Kier molecular flexibility index (Phi) is 7.26. The Morgan fingerprint density at radius 1 is 1.22 bits per heavy atom. The number of thiophene rings is 1. The number of carbonyl (C=O) groups excluding carboxylic acids is 1. The van der Waals surface area contributed by atoms with Crippen LogP contribution < -0.4 is 0 Å². The molecular weight excluding hydrogens is 384 g/mol. The fraction of sp³-hybridized carbons (Fsp3) is 0.450. The Balaban J connectivity index is 1.38. The van der Waals surface area contributed by atoms with Gasteiger partial charge >= 0.3 is 0 Å². The van der Waals surface area contributed by atoms with Gasteiger partial charge in [0.2, 0.25) is 0 Å². The van der Waals surface area contributed by atoms with Crippen molar-refractivity contribution in [3.63, 3.8) is 0 Å². The second-order valence-corrected chi connectivity index (χ2v) is 8.14. The highest BCUT2D eigenvalue weighted by atomic mass is 35.5. The third-order valence-corrected chi connectivity index (χ3v) is 5.85. The van der Waals surface area contributed by atoms with E-state index in [2.05, 4.69) is 4.90 Å². The van der Waals surface area contributed by atoms with Gasteiger partial charge in [-0.25, -0.2) is 0 Å². The Morgan fingerprint density at radius 2 is 1.93 bits per heavy atom. The van der Waals surface area contributed by atoms with Gasteiger partial charge in [0.25, 0.3) is 5.91 Å². The number of carbonyl (C=O) groups is 1. The molecule has 27 heavy (non-hydrogen) atoms. The molecule has 0 spiro atoms. The molecule has 2 unspecified atom stereocenters. The first-order chi connectivity index (χ1) is 13.0. The number of piperazine rings is 1. The molecule has 0 aliphatic carbocycles. The van der Waals surface area contributed by atoms with Crippen molar-refractivity contribution in [3.8, 4) is 0 Å². The molecule has 1 aliphatic rings. The minimum absolute atomic E-state index is 0.0998. The van der Waals surface area contributed by atoms with Crippen LogP contribution in [0, 0.1) is 0 Å². The molecule has 2 heterocycles. The second-order valence-electron chi connectivity index (χ2n) is 6.75. The minimum Gasteiger partial charge on any atom is -0.389 e. The summed E-state index contributed by atoms with van der Waals surface area (Å²) < 4.78 is 5.80. The zero-order valence-corrected chi connectivity index (χ0v) is 17.0. The molecule has 7 heteroatoms. The van der Waals surface area contributed by atoms with E-state index in [0.29, 0.717) is 24.7 Å². The summed E-state index contributed by atoms with van der Waals surface area (Å²) in [5.74, 6) is 0.102. The van der Waals surface area contributed by atoms with Gasteiger partial charge in [-0.05, 0) is 36.1 Å². The Hall–Kier alpha value is -1.44. The Labute approximate surface area is 169 Å². The first kappa shape index (κ1) is 20.3. The van der Waals surface area contributed by atoms with Crippen molar-refractivity contribution < 1.29 is 14.6 Å². The lowest BCUT2D eigenvalue weighted by Crippen LogP contribution is -2.50. The van der Waals surface area contributed by atoms with Crippen LogP contribution in [0.15, 0.2) is 41.8 Å². The van der Waals surface area contributed by atoms with Crippen molar-refractivity contribution in [2.75, 3.05) is 39.3 Å². The summed E-state index contributed by atoms with van der Waals surface area (Å²) >= 11 is 7.38. The number of nitrogens with zero attached hydrogens (tertiary/aromatic N) is 2. The van der Waals surface area contributed by atoms with Crippen LogP contribution in [0.4, 0.5) is 0 Å². The van der Waals surface area contributed by atoms with Crippen molar-refractivity contribution >= 4 is 28.8 Å². The number of aliphatic hydroxyl groups is 1. The lowest BCUT2D eigenvalue weighted by Gasteiger charge is -2.35. The molecule has 1 aromatic carbocycles. The summed E-state index contributed by atoms with van der Waals surface area (Å²) in [6, 6.07) is 11.3. The maximum absolute atomic E-state index is 12.4. The van der Waals surface area contributed by atoms with Crippen LogP contribution in [0.5, 0.6) is 0 Å². The third kappa shape index (κ3) is 5.77. The first-order valence-electron chi connectivity index (χ1n) is 9.13. The van der Waals surface area contributed by atoms with E-state index in [0.717, 1.165) is 23.5 Å². The number of halogens is 1. The molecule has 1 aliphatic heterocycles. The van der Waals surface area contributed by atoms with E-state index in [1.165, 1.54) is 11.3 Å². The highest BCUT2D eigenvalue weighted by Gasteiger charge is 2.24. The largest absolute Gasteiger partial charge is 0.389 e. The molecule has 1 amide bonds. The molecule has 2 aromatic rings. The maximum Gasteiger partial charge on any atom is 0.264 e. The molecule has 0 radical (unpaired) electrons. The molecule has 146 valence electrons. The summed E-state index contributed by atoms with van der Waals surface area (Å²) in [5.41, 5.74) is 1.03. The van der Waals surface area contributed by atoms with Crippen LogP contribution in [-0.4, -0.2) is 66.2 Å². The van der Waals surface area contributed by atoms with E-state index in [4.69, 9.17) is 16.3 Å². The zero-order valence-electron chi connectivity index (χ0n) is 15.4. The SMILES string of the molecule is CC(OCC(O)CN1CCN(C(=O)c2cccs2)CC1)c1ccc(Cl)cc1. The predicted octanol–water partition coefficient (Wildman–Crippen LogP) is 3.30. The molecule has 0 saturated carbocycles. The van der Waals surface area contributed by atoms with E-state index in [1.807, 2.05) is 53.6 Å². The molecule has 5 nitrogen and oxygen atoms in total. The quantitative estimate of drug-likeness (QED) is 0.763. The number of β-amino-alcohol motifs (C(OH)–C–C–N with tert-alkyl or cyclic N) is 1. The van der Waals surface area contributed by atoms with Crippen molar-refractivity contribution in [1.29, 1.82) is 0 Å². The average molecular weight is 409 g/mol. The van der Waals surface area contributed by atoms with Crippen molar-refractivity contribution in [1.82, 2.24) is 9.80 Å². The molecular formula is C20H25ClN2O3S. The Morgan fingerprint density at radius 3 is 2.56 bits per heavy atom. The monoisotopic (exact) mass is 408 g/mol. The minimum atomic E-state index is -0.556. The highest BCUT2D eigenvalue weighted by Crippen LogP contribution is 2.19. The number of benzene rings is 1. The predicted molar refractivity (Wildman–Crippen MR) is 108 cm³/mol. The molecule has 0 bridgehead atoms. The van der Waals surface area contributed by atoms with Crippen LogP contribution in [-0.2, 0) is 4.74 Å². The summed E-state index contributed by atoms with van der Waals surface area (Å²) in [6.07, 6.45) is -0.656. The van der Waals surface area contributed by atoms with Gasteiger partial charge in [0.1, 0.15) is 0 Å². The molecule has 1 saturated heterocycles. The number of ether oxygens (including phenoxy) is 1. The van der Waals surface area contributed by atoms with Crippen LogP contribution >= 0.6 is 22.9 Å². The van der Waals surface area contributed by atoms with E-state index in [-0.39, 0.29) is 18.6 Å². The highest BCUT2D eigenvalue weighted by molar-refractivity contribution is 7.12. The topological polar surface area (TPSA) is 53.0 Å². The summed E-state index contributed by atoms with van der Waals surface area (Å²) in [5, 5.41) is 12.9. The van der Waals surface area contributed by atoms with Crippen molar-refractivity contribution in [3.05, 3.63) is 57.2 Å².